The SMILES string of the molecule is CC(C)(N[C@H]1CCC[C@@H]1O)c1nccs1. The van der Waals surface area contributed by atoms with Crippen molar-refractivity contribution in [3.8, 4) is 0 Å². The van der Waals surface area contributed by atoms with Crippen LogP contribution < -0.4 is 5.32 Å². The van der Waals surface area contributed by atoms with Crippen LogP contribution in [0.3, 0.4) is 0 Å². The van der Waals surface area contributed by atoms with Crippen LogP contribution in [0.1, 0.15) is 38.1 Å². The van der Waals surface area contributed by atoms with Gasteiger partial charge in [-0.3, -0.25) is 0 Å². The fourth-order valence-corrected chi connectivity index (χ4v) is 2.89. The number of hydrogen-bond acceptors (Lipinski definition) is 4. The van der Waals surface area contributed by atoms with Crippen LogP contribution in [0.4, 0.5) is 0 Å². The lowest BCUT2D eigenvalue weighted by molar-refractivity contribution is 0.132. The smallest absolute Gasteiger partial charge is 0.112 e. The molecule has 15 heavy (non-hydrogen) atoms. The Morgan fingerprint density at radius 3 is 2.87 bits per heavy atom. The summed E-state index contributed by atoms with van der Waals surface area (Å²) in [7, 11) is 0. The van der Waals surface area contributed by atoms with E-state index < -0.39 is 0 Å². The van der Waals surface area contributed by atoms with Gasteiger partial charge in [-0.2, -0.15) is 0 Å². The van der Waals surface area contributed by atoms with Crippen LogP contribution in [0.2, 0.25) is 0 Å². The minimum Gasteiger partial charge on any atom is -0.392 e. The van der Waals surface area contributed by atoms with E-state index in [0.29, 0.717) is 0 Å². The molecular weight excluding hydrogens is 208 g/mol. The Labute approximate surface area is 94.5 Å². The van der Waals surface area contributed by atoms with E-state index in [1.54, 1.807) is 11.3 Å². The second kappa shape index (κ2) is 4.20. The first-order chi connectivity index (χ1) is 7.09. The second-order valence-electron chi connectivity index (χ2n) is 4.71. The zero-order valence-corrected chi connectivity index (χ0v) is 10.0. The minimum absolute atomic E-state index is 0.135. The molecule has 2 N–H and O–H groups in total. The lowest BCUT2D eigenvalue weighted by Gasteiger charge is -2.29. The molecule has 0 saturated heterocycles. The molecule has 0 aliphatic heterocycles. The molecule has 0 amide bonds. The first kappa shape index (κ1) is 11.0. The van der Waals surface area contributed by atoms with Crippen LogP contribution in [-0.4, -0.2) is 22.2 Å². The molecule has 0 spiro atoms. The molecule has 1 aromatic heterocycles. The number of aromatic nitrogens is 1. The molecule has 0 bridgehead atoms. The molecule has 1 aliphatic carbocycles. The normalized spacial score (nSPS) is 27.1. The molecule has 3 nitrogen and oxygen atoms in total. The van der Waals surface area contributed by atoms with E-state index in [1.807, 2.05) is 11.6 Å². The zero-order chi connectivity index (χ0) is 10.9. The average molecular weight is 226 g/mol. The lowest BCUT2D eigenvalue weighted by atomic mass is 10.0. The molecule has 0 aromatic carbocycles. The number of rotatable bonds is 3. The van der Waals surface area contributed by atoms with Gasteiger partial charge in [-0.15, -0.1) is 11.3 Å². The van der Waals surface area contributed by atoms with Gasteiger partial charge in [0.2, 0.25) is 0 Å². The van der Waals surface area contributed by atoms with Crippen LogP contribution >= 0.6 is 11.3 Å². The molecule has 1 fully saturated rings. The van der Waals surface area contributed by atoms with Crippen LogP contribution in [0.15, 0.2) is 11.6 Å². The summed E-state index contributed by atoms with van der Waals surface area (Å²) >= 11 is 1.66. The van der Waals surface area contributed by atoms with Gasteiger partial charge in [0.25, 0.3) is 0 Å². The van der Waals surface area contributed by atoms with E-state index in [4.69, 9.17) is 0 Å². The Morgan fingerprint density at radius 2 is 2.33 bits per heavy atom. The number of thiazole rings is 1. The van der Waals surface area contributed by atoms with Gasteiger partial charge < -0.3 is 10.4 Å². The highest BCUT2D eigenvalue weighted by Crippen LogP contribution is 2.27. The Hall–Kier alpha value is -0.450. The number of aliphatic hydroxyl groups is 1. The van der Waals surface area contributed by atoms with Crippen LogP contribution in [0, 0.1) is 0 Å². The molecule has 1 aromatic rings. The highest BCUT2D eigenvalue weighted by molar-refractivity contribution is 7.09. The van der Waals surface area contributed by atoms with Gasteiger partial charge in [-0.1, -0.05) is 0 Å². The molecule has 2 atom stereocenters. The van der Waals surface area contributed by atoms with Crippen molar-refractivity contribution >= 4 is 11.3 Å². The second-order valence-corrected chi connectivity index (χ2v) is 5.61. The quantitative estimate of drug-likeness (QED) is 0.827. The first-order valence-corrected chi connectivity index (χ1v) is 6.33. The Morgan fingerprint density at radius 1 is 1.53 bits per heavy atom. The average Bonchev–Trinajstić information content (AvgIpc) is 2.77. The topological polar surface area (TPSA) is 45.1 Å². The Kier molecular flexibility index (Phi) is 3.09. The van der Waals surface area contributed by atoms with E-state index in [-0.39, 0.29) is 17.7 Å². The summed E-state index contributed by atoms with van der Waals surface area (Å²) in [6, 6.07) is 0.226. The summed E-state index contributed by atoms with van der Waals surface area (Å²) in [6.45, 7) is 4.24. The van der Waals surface area contributed by atoms with Crippen LogP contribution in [0.5, 0.6) is 0 Å². The molecule has 0 unspecified atom stereocenters. The van der Waals surface area contributed by atoms with E-state index in [0.717, 1.165) is 24.3 Å². The first-order valence-electron chi connectivity index (χ1n) is 5.45. The van der Waals surface area contributed by atoms with Gasteiger partial charge >= 0.3 is 0 Å². The van der Waals surface area contributed by atoms with E-state index in [2.05, 4.69) is 24.1 Å². The number of nitrogens with zero attached hydrogens (tertiary/aromatic N) is 1. The molecule has 84 valence electrons. The Bertz CT molecular complexity index is 310. The minimum atomic E-state index is -0.191. The van der Waals surface area contributed by atoms with Crippen molar-refractivity contribution in [1.29, 1.82) is 0 Å². The van der Waals surface area contributed by atoms with Crippen LogP contribution in [-0.2, 0) is 5.54 Å². The third-order valence-electron chi connectivity index (χ3n) is 2.99. The van der Waals surface area contributed by atoms with Crippen molar-refractivity contribution in [2.45, 2.75) is 50.8 Å². The van der Waals surface area contributed by atoms with Crippen molar-refractivity contribution in [3.05, 3.63) is 16.6 Å². The van der Waals surface area contributed by atoms with Gasteiger partial charge in [0.1, 0.15) is 5.01 Å². The summed E-state index contributed by atoms with van der Waals surface area (Å²) in [5, 5.41) is 16.4. The maximum atomic E-state index is 9.77. The zero-order valence-electron chi connectivity index (χ0n) is 9.23. The maximum absolute atomic E-state index is 9.77. The third-order valence-corrected chi connectivity index (χ3v) is 4.09. The maximum Gasteiger partial charge on any atom is 0.112 e. The summed E-state index contributed by atoms with van der Waals surface area (Å²) in [5.41, 5.74) is -0.135. The van der Waals surface area contributed by atoms with Gasteiger partial charge in [0, 0.05) is 17.6 Å². The summed E-state index contributed by atoms with van der Waals surface area (Å²) in [4.78, 5) is 4.33. The molecule has 2 rings (SSSR count). The highest BCUT2D eigenvalue weighted by Gasteiger charge is 2.32. The van der Waals surface area contributed by atoms with Gasteiger partial charge in [-0.05, 0) is 33.1 Å². The number of hydrogen-bond donors (Lipinski definition) is 2. The molecule has 0 radical (unpaired) electrons. The molecule has 1 aliphatic rings. The van der Waals surface area contributed by atoms with Crippen molar-refractivity contribution in [2.75, 3.05) is 0 Å². The standard InChI is InChI=1S/C11H18N2OS/c1-11(2,10-12-6-7-15-10)13-8-4-3-5-9(8)14/h6-9,13-14H,3-5H2,1-2H3/t8-,9-/m0/s1. The fourth-order valence-electron chi connectivity index (χ4n) is 2.17. The monoisotopic (exact) mass is 226 g/mol. The largest absolute Gasteiger partial charge is 0.392 e. The molecular formula is C11H18N2OS. The van der Waals surface area contributed by atoms with Crippen LogP contribution in [0.25, 0.3) is 0 Å². The molecule has 1 saturated carbocycles. The van der Waals surface area contributed by atoms with Crippen molar-refractivity contribution < 1.29 is 5.11 Å². The third kappa shape index (κ3) is 2.38. The van der Waals surface area contributed by atoms with Crippen molar-refractivity contribution in [1.82, 2.24) is 10.3 Å². The van der Waals surface area contributed by atoms with E-state index in [9.17, 15) is 5.11 Å². The predicted molar refractivity (Wildman–Crippen MR) is 61.9 cm³/mol. The van der Waals surface area contributed by atoms with Crippen molar-refractivity contribution in [2.24, 2.45) is 0 Å². The van der Waals surface area contributed by atoms with Gasteiger partial charge in [-0.25, -0.2) is 4.98 Å². The Balaban J connectivity index is 2.04. The number of aliphatic hydroxyl groups excluding tert-OH is 1. The highest BCUT2D eigenvalue weighted by atomic mass is 32.1. The molecule has 1 heterocycles. The lowest BCUT2D eigenvalue weighted by Crippen LogP contribution is -2.47. The summed E-state index contributed by atoms with van der Waals surface area (Å²) in [5.74, 6) is 0. The number of nitrogens with one attached hydrogen (secondary N) is 1. The van der Waals surface area contributed by atoms with Crippen molar-refractivity contribution in [3.63, 3.8) is 0 Å². The van der Waals surface area contributed by atoms with Gasteiger partial charge in [0.15, 0.2) is 0 Å². The van der Waals surface area contributed by atoms with E-state index >= 15 is 0 Å². The summed E-state index contributed by atoms with van der Waals surface area (Å²) in [6.07, 6.45) is 4.74. The van der Waals surface area contributed by atoms with Gasteiger partial charge in [0.05, 0.1) is 11.6 Å². The fraction of sp³-hybridized carbons (Fsp3) is 0.727. The molecule has 4 heteroatoms. The summed E-state index contributed by atoms with van der Waals surface area (Å²) < 4.78 is 0. The predicted octanol–water partition coefficient (Wildman–Crippen LogP) is 1.88. The van der Waals surface area contributed by atoms with E-state index in [1.165, 1.54) is 0 Å².